The van der Waals surface area contributed by atoms with Gasteiger partial charge in [-0.3, -0.25) is 4.40 Å². The Morgan fingerprint density at radius 2 is 2.00 bits per heavy atom. The number of nitrogens with zero attached hydrogens (tertiary/aromatic N) is 4. The molecule has 0 radical (unpaired) electrons. The summed E-state index contributed by atoms with van der Waals surface area (Å²) < 4.78 is 50.8. The average molecular weight is 372 g/mol. The third-order valence-corrected chi connectivity index (χ3v) is 4.37. The minimum Gasteiger partial charge on any atom is -0.359 e. The van der Waals surface area contributed by atoms with E-state index < -0.39 is 12.0 Å². The van der Waals surface area contributed by atoms with E-state index >= 15 is 0 Å². The third kappa shape index (κ3) is 3.86. The van der Waals surface area contributed by atoms with Gasteiger partial charge >= 0.3 is 6.18 Å². The maximum atomic E-state index is 13.3. The molecule has 0 atom stereocenters. The molecule has 0 spiro atoms. The molecule has 3 aromatic rings. The van der Waals surface area contributed by atoms with Crippen molar-refractivity contribution in [3.63, 3.8) is 0 Å². The molecule has 25 heavy (non-hydrogen) atoms. The van der Waals surface area contributed by atoms with Gasteiger partial charge in [0.2, 0.25) is 5.82 Å². The second kappa shape index (κ2) is 7.54. The molecule has 10 heteroatoms. The van der Waals surface area contributed by atoms with E-state index in [4.69, 9.17) is 9.47 Å². The van der Waals surface area contributed by atoms with Crippen LogP contribution in [0, 0.1) is 0 Å². The number of halogens is 3. The number of fused-ring (bicyclic) bond motifs is 3. The Morgan fingerprint density at radius 1 is 1.20 bits per heavy atom. The highest BCUT2D eigenvalue weighted by Crippen LogP contribution is 2.32. The first-order chi connectivity index (χ1) is 12.0. The van der Waals surface area contributed by atoms with E-state index in [0.29, 0.717) is 34.8 Å². The molecule has 6 nitrogen and oxygen atoms in total. The number of rotatable bonds is 7. The summed E-state index contributed by atoms with van der Waals surface area (Å²) in [6.45, 7) is 0.702. The fraction of sp³-hybridized carbons (Fsp3) is 0.400. The van der Waals surface area contributed by atoms with E-state index in [1.807, 2.05) is 0 Å². The second-order valence-corrected chi connectivity index (χ2v) is 6.19. The number of methoxy groups -OCH3 is 1. The molecule has 0 saturated heterocycles. The number of thioether (sulfide) groups is 1. The fourth-order valence-electron chi connectivity index (χ4n) is 2.31. The number of aromatic nitrogens is 4. The topological polar surface area (TPSA) is 61.5 Å². The number of para-hydroxylation sites is 2. The van der Waals surface area contributed by atoms with Crippen molar-refractivity contribution in [2.75, 3.05) is 26.3 Å². The van der Waals surface area contributed by atoms with Gasteiger partial charge in [0.25, 0.3) is 0 Å². The first-order valence-electron chi connectivity index (χ1n) is 7.43. The van der Waals surface area contributed by atoms with E-state index in [1.54, 1.807) is 24.3 Å². The van der Waals surface area contributed by atoms with Crippen LogP contribution in [0.4, 0.5) is 13.2 Å². The van der Waals surface area contributed by atoms with Crippen molar-refractivity contribution in [3.05, 3.63) is 30.1 Å². The highest BCUT2D eigenvalue weighted by Gasteiger charge is 2.38. The molecule has 3 rings (SSSR count). The van der Waals surface area contributed by atoms with E-state index in [0.717, 1.165) is 4.40 Å². The summed E-state index contributed by atoms with van der Waals surface area (Å²) in [5.74, 6) is -0.426. The Bertz CT molecular complexity index is 869. The number of ether oxygens (including phenoxy) is 2. The molecular weight excluding hydrogens is 357 g/mol. The minimum absolute atomic E-state index is 0.105. The van der Waals surface area contributed by atoms with Crippen LogP contribution in [0.2, 0.25) is 0 Å². The predicted molar refractivity (Wildman–Crippen MR) is 86.5 cm³/mol. The van der Waals surface area contributed by atoms with Gasteiger partial charge < -0.3 is 9.47 Å². The van der Waals surface area contributed by atoms with Crippen LogP contribution in [0.3, 0.4) is 0 Å². The molecule has 0 bridgehead atoms. The molecule has 0 saturated carbocycles. The highest BCUT2D eigenvalue weighted by molar-refractivity contribution is 7.99. The van der Waals surface area contributed by atoms with E-state index in [-0.39, 0.29) is 12.4 Å². The summed E-state index contributed by atoms with van der Waals surface area (Å²) in [4.78, 5) is 4.44. The first kappa shape index (κ1) is 17.9. The molecule has 0 aliphatic heterocycles. The zero-order chi connectivity index (χ0) is 17.9. The zero-order valence-corrected chi connectivity index (χ0v) is 14.1. The molecule has 0 N–H and O–H groups in total. The summed E-state index contributed by atoms with van der Waals surface area (Å²) in [6.07, 6.45) is -3.89. The lowest BCUT2D eigenvalue weighted by atomic mass is 10.3. The Kier molecular flexibility index (Phi) is 5.40. The molecule has 1 aromatic carbocycles. The Labute approximate surface area is 145 Å². The van der Waals surface area contributed by atoms with Crippen LogP contribution < -0.4 is 0 Å². The lowest BCUT2D eigenvalue weighted by Crippen LogP contribution is -2.11. The molecule has 2 heterocycles. The van der Waals surface area contributed by atoms with E-state index in [1.165, 1.54) is 18.9 Å². The Morgan fingerprint density at radius 3 is 2.76 bits per heavy atom. The summed E-state index contributed by atoms with van der Waals surface area (Å²) in [7, 11) is 1.54. The van der Waals surface area contributed by atoms with Crippen molar-refractivity contribution in [3.8, 4) is 0 Å². The zero-order valence-electron chi connectivity index (χ0n) is 13.3. The maximum absolute atomic E-state index is 13.3. The molecule has 0 unspecified atom stereocenters. The van der Waals surface area contributed by atoms with E-state index in [9.17, 15) is 13.2 Å². The molecule has 134 valence electrons. The van der Waals surface area contributed by atoms with Gasteiger partial charge in [-0.15, -0.1) is 22.0 Å². The van der Waals surface area contributed by atoms with Gasteiger partial charge in [-0.1, -0.05) is 12.1 Å². The van der Waals surface area contributed by atoms with Crippen LogP contribution in [0.5, 0.6) is 0 Å². The fourth-order valence-corrected chi connectivity index (χ4v) is 3.19. The van der Waals surface area contributed by atoms with Gasteiger partial charge in [0.15, 0.2) is 5.65 Å². The van der Waals surface area contributed by atoms with Gasteiger partial charge in [-0.2, -0.15) is 13.2 Å². The van der Waals surface area contributed by atoms with Gasteiger partial charge in [0, 0.05) is 12.9 Å². The Balaban J connectivity index is 1.94. The molecular formula is C15H15F3N4O2S. The molecule has 0 fully saturated rings. The smallest absolute Gasteiger partial charge is 0.359 e. The van der Waals surface area contributed by atoms with Crippen molar-refractivity contribution in [1.82, 2.24) is 19.6 Å². The SMILES string of the molecule is COCOCCCSc1nc2ccccc2n2c(C(F)(F)F)nnc12. The summed E-state index contributed by atoms with van der Waals surface area (Å²) >= 11 is 1.32. The van der Waals surface area contributed by atoms with Crippen LogP contribution in [0.1, 0.15) is 12.2 Å². The lowest BCUT2D eigenvalue weighted by Gasteiger charge is -2.09. The van der Waals surface area contributed by atoms with Gasteiger partial charge in [0.05, 0.1) is 17.6 Å². The molecule has 0 aliphatic rings. The van der Waals surface area contributed by atoms with Crippen LogP contribution in [0.25, 0.3) is 16.7 Å². The largest absolute Gasteiger partial charge is 0.452 e. The summed E-state index contributed by atoms with van der Waals surface area (Å²) in [6, 6.07) is 6.62. The van der Waals surface area contributed by atoms with Crippen molar-refractivity contribution in [1.29, 1.82) is 0 Å². The molecule has 0 amide bonds. The average Bonchev–Trinajstić information content (AvgIpc) is 3.04. The first-order valence-corrected chi connectivity index (χ1v) is 8.41. The molecule has 2 aromatic heterocycles. The standard InChI is InChI=1S/C15H15F3N4O2S/c1-23-9-24-7-4-8-25-13-12-20-21-14(15(16,17)18)22(12)11-6-3-2-5-10(11)19-13/h2-3,5-6H,4,7-9H2,1H3. The quantitative estimate of drug-likeness (QED) is 0.360. The number of benzene rings is 1. The van der Waals surface area contributed by atoms with Gasteiger partial charge in [-0.25, -0.2) is 4.98 Å². The minimum atomic E-state index is -4.60. The van der Waals surface area contributed by atoms with Crippen LogP contribution in [0.15, 0.2) is 29.3 Å². The summed E-state index contributed by atoms with van der Waals surface area (Å²) in [5.41, 5.74) is 0.884. The predicted octanol–water partition coefficient (Wildman–Crippen LogP) is 3.40. The van der Waals surface area contributed by atoms with Crippen molar-refractivity contribution < 1.29 is 22.6 Å². The summed E-state index contributed by atoms with van der Waals surface area (Å²) in [5, 5.41) is 7.47. The number of hydrogen-bond acceptors (Lipinski definition) is 6. The lowest BCUT2D eigenvalue weighted by molar-refractivity contribution is -0.145. The monoisotopic (exact) mass is 372 g/mol. The second-order valence-electron chi connectivity index (χ2n) is 5.10. The maximum Gasteiger partial charge on any atom is 0.452 e. The van der Waals surface area contributed by atoms with Crippen molar-refractivity contribution in [2.24, 2.45) is 0 Å². The van der Waals surface area contributed by atoms with E-state index in [2.05, 4.69) is 15.2 Å². The molecule has 0 aliphatic carbocycles. The van der Waals surface area contributed by atoms with Crippen LogP contribution in [-0.2, 0) is 15.7 Å². The Hall–Kier alpha value is -1.91. The highest BCUT2D eigenvalue weighted by atomic mass is 32.2. The number of hydrogen-bond donors (Lipinski definition) is 0. The van der Waals surface area contributed by atoms with Crippen LogP contribution in [-0.4, -0.2) is 45.8 Å². The van der Waals surface area contributed by atoms with Gasteiger partial charge in [-0.05, 0) is 18.6 Å². The third-order valence-electron chi connectivity index (χ3n) is 3.33. The normalized spacial score (nSPS) is 12.3. The van der Waals surface area contributed by atoms with Crippen molar-refractivity contribution in [2.45, 2.75) is 17.6 Å². The van der Waals surface area contributed by atoms with Crippen molar-refractivity contribution >= 4 is 28.4 Å². The van der Waals surface area contributed by atoms with Gasteiger partial charge in [0.1, 0.15) is 11.8 Å². The number of alkyl halides is 3. The van der Waals surface area contributed by atoms with Crippen LogP contribution >= 0.6 is 11.8 Å².